The number of carbonyl (C=O) groups is 1. The molecule has 198 valence electrons. The number of likely N-dealkylation sites (N-methyl/N-ethyl adjacent to an activating group) is 1. The van der Waals surface area contributed by atoms with Crippen LogP contribution in [0.15, 0.2) is 48.7 Å². The Balaban J connectivity index is 1.35. The van der Waals surface area contributed by atoms with E-state index >= 15 is 0 Å². The molecule has 0 N–H and O–H groups in total. The molecule has 2 aliphatic heterocycles. The van der Waals surface area contributed by atoms with Gasteiger partial charge in [-0.2, -0.15) is 0 Å². The predicted octanol–water partition coefficient (Wildman–Crippen LogP) is 3.78. The summed E-state index contributed by atoms with van der Waals surface area (Å²) in [6, 6.07) is 12.1. The number of fused-ring (bicyclic) bond motifs is 1. The number of ether oxygens (including phenoxy) is 2. The van der Waals surface area contributed by atoms with Crippen molar-refractivity contribution in [3.8, 4) is 5.75 Å². The molecule has 0 aliphatic carbocycles. The minimum atomic E-state index is -0.797. The first-order chi connectivity index (χ1) is 17.8. The second-order valence-corrected chi connectivity index (χ2v) is 10.7. The van der Waals surface area contributed by atoms with Crippen LogP contribution in [0.4, 0.5) is 4.39 Å². The van der Waals surface area contributed by atoms with Crippen molar-refractivity contribution in [1.82, 2.24) is 19.3 Å². The van der Waals surface area contributed by atoms with Crippen LogP contribution >= 0.6 is 11.6 Å². The number of hydrogen-bond acceptors (Lipinski definition) is 5. The molecule has 3 aromatic rings. The van der Waals surface area contributed by atoms with Gasteiger partial charge in [-0.3, -0.25) is 9.69 Å². The normalized spacial score (nSPS) is 21.5. The third kappa shape index (κ3) is 6.09. The van der Waals surface area contributed by atoms with Gasteiger partial charge in [0.25, 0.3) is 0 Å². The van der Waals surface area contributed by atoms with Crippen molar-refractivity contribution in [2.45, 2.75) is 18.6 Å². The molecule has 2 saturated heterocycles. The second kappa shape index (κ2) is 11.0. The van der Waals surface area contributed by atoms with Gasteiger partial charge in [0.05, 0.1) is 13.0 Å². The molecular formula is C28H34ClFN4O3. The smallest absolute Gasteiger partial charge is 0.225 e. The maximum Gasteiger partial charge on any atom is 0.225 e. The molecule has 0 saturated carbocycles. The second-order valence-electron chi connectivity index (χ2n) is 10.3. The van der Waals surface area contributed by atoms with E-state index in [0.717, 1.165) is 49.2 Å². The molecule has 0 radical (unpaired) electrons. The first-order valence-corrected chi connectivity index (χ1v) is 13.1. The van der Waals surface area contributed by atoms with Crippen molar-refractivity contribution in [1.29, 1.82) is 0 Å². The third-order valence-corrected chi connectivity index (χ3v) is 7.65. The highest BCUT2D eigenvalue weighted by Crippen LogP contribution is 2.29. The molecule has 0 unspecified atom stereocenters. The molecule has 1 amide bonds. The van der Waals surface area contributed by atoms with Gasteiger partial charge in [-0.15, -0.1) is 0 Å². The van der Waals surface area contributed by atoms with Crippen molar-refractivity contribution in [2.75, 3.05) is 59.5 Å². The van der Waals surface area contributed by atoms with Gasteiger partial charge in [-0.1, -0.05) is 11.6 Å². The maximum atomic E-state index is 14.0. The van der Waals surface area contributed by atoms with E-state index in [1.54, 1.807) is 18.2 Å². The Bertz CT molecular complexity index is 1240. The summed E-state index contributed by atoms with van der Waals surface area (Å²) in [5, 5.41) is 1.55. The largest absolute Gasteiger partial charge is 0.491 e. The summed E-state index contributed by atoms with van der Waals surface area (Å²) in [4.78, 5) is 19.9. The summed E-state index contributed by atoms with van der Waals surface area (Å²) in [5.41, 5.74) is 1.25. The van der Waals surface area contributed by atoms with Gasteiger partial charge in [0.15, 0.2) is 0 Å². The number of nitrogens with zero attached hydrogens (tertiary/aromatic N) is 4. The first kappa shape index (κ1) is 26.0. The van der Waals surface area contributed by atoms with Gasteiger partial charge >= 0.3 is 0 Å². The van der Waals surface area contributed by atoms with Crippen LogP contribution in [0.1, 0.15) is 12.0 Å². The lowest BCUT2D eigenvalue weighted by molar-refractivity contribution is -0.157. The SMILES string of the molecule is CN1CCN(C(=O)C[C@]2(COc3ccc(Cl)cc3)CN(Cc3cn(C)c4ccc(F)cc34)CCO2)CC1. The van der Waals surface area contributed by atoms with E-state index in [2.05, 4.69) is 23.0 Å². The molecule has 2 fully saturated rings. The van der Waals surface area contributed by atoms with E-state index < -0.39 is 5.60 Å². The third-order valence-electron chi connectivity index (χ3n) is 7.40. The van der Waals surface area contributed by atoms with Crippen molar-refractivity contribution in [2.24, 2.45) is 7.05 Å². The molecule has 0 spiro atoms. The van der Waals surface area contributed by atoms with Gasteiger partial charge in [-0.05, 0) is 55.1 Å². The summed E-state index contributed by atoms with van der Waals surface area (Å²) < 4.78 is 28.6. The lowest BCUT2D eigenvalue weighted by Crippen LogP contribution is -2.58. The lowest BCUT2D eigenvalue weighted by atomic mass is 9.96. The molecule has 3 heterocycles. The molecule has 37 heavy (non-hydrogen) atoms. The van der Waals surface area contributed by atoms with Crippen molar-refractivity contribution in [3.63, 3.8) is 0 Å². The number of carbonyl (C=O) groups excluding carboxylic acids is 1. The van der Waals surface area contributed by atoms with E-state index in [1.165, 1.54) is 6.07 Å². The summed E-state index contributed by atoms with van der Waals surface area (Å²) in [6.45, 7) is 5.78. The zero-order valence-electron chi connectivity index (χ0n) is 21.5. The molecular weight excluding hydrogens is 495 g/mol. The molecule has 5 rings (SSSR count). The fourth-order valence-corrected chi connectivity index (χ4v) is 5.43. The Kier molecular flexibility index (Phi) is 7.72. The topological polar surface area (TPSA) is 50.2 Å². The number of hydrogen-bond donors (Lipinski definition) is 0. The van der Waals surface area contributed by atoms with Gasteiger partial charge in [0, 0.05) is 75.0 Å². The Morgan fingerprint density at radius 2 is 1.84 bits per heavy atom. The van der Waals surface area contributed by atoms with Crippen molar-refractivity contribution >= 4 is 28.4 Å². The standard InChI is InChI=1S/C28H34ClFN4O3/c1-31-9-11-34(12-10-31)27(35)16-28(20-36-24-6-3-22(29)4-7-24)19-33(13-14-37-28)18-21-17-32(2)26-8-5-23(30)15-25(21)26/h3-8,15,17H,9-14,16,18-20H2,1-2H3/t28-/m1/s1. The Morgan fingerprint density at radius 1 is 1.08 bits per heavy atom. The summed E-state index contributed by atoms with van der Waals surface area (Å²) in [7, 11) is 4.05. The monoisotopic (exact) mass is 528 g/mol. The minimum Gasteiger partial charge on any atom is -0.491 e. The van der Waals surface area contributed by atoms with Crippen LogP contribution in [-0.2, 0) is 23.1 Å². The van der Waals surface area contributed by atoms with Crippen molar-refractivity contribution in [3.05, 3.63) is 65.1 Å². The molecule has 9 heteroatoms. The molecule has 1 atom stereocenters. The fraction of sp³-hybridized carbons (Fsp3) is 0.464. The maximum absolute atomic E-state index is 14.0. The van der Waals surface area contributed by atoms with Crippen molar-refractivity contribution < 1.29 is 18.7 Å². The van der Waals surface area contributed by atoms with Crippen LogP contribution in [0.3, 0.4) is 0 Å². The molecule has 0 bridgehead atoms. The average molecular weight is 529 g/mol. The van der Waals surface area contributed by atoms with E-state index in [4.69, 9.17) is 21.1 Å². The Morgan fingerprint density at radius 3 is 2.59 bits per heavy atom. The zero-order valence-corrected chi connectivity index (χ0v) is 22.2. The van der Waals surface area contributed by atoms with E-state index in [1.807, 2.05) is 34.7 Å². The highest BCUT2D eigenvalue weighted by atomic mass is 35.5. The van der Waals surface area contributed by atoms with E-state index in [9.17, 15) is 9.18 Å². The first-order valence-electron chi connectivity index (χ1n) is 12.7. The van der Waals surface area contributed by atoms with Crippen LogP contribution in [0, 0.1) is 5.82 Å². The van der Waals surface area contributed by atoms with Crippen LogP contribution in [0.2, 0.25) is 5.02 Å². The summed E-state index contributed by atoms with van der Waals surface area (Å²) >= 11 is 6.04. The van der Waals surface area contributed by atoms with Gasteiger partial charge in [0.2, 0.25) is 5.91 Å². The zero-order chi connectivity index (χ0) is 26.0. The predicted molar refractivity (Wildman–Crippen MR) is 142 cm³/mol. The van der Waals surface area contributed by atoms with Gasteiger partial charge in [-0.25, -0.2) is 4.39 Å². The highest BCUT2D eigenvalue weighted by molar-refractivity contribution is 6.30. The number of rotatable bonds is 7. The minimum absolute atomic E-state index is 0.0851. The number of piperazine rings is 1. The Labute approximate surface area is 222 Å². The number of morpholine rings is 1. The van der Waals surface area contributed by atoms with Crippen LogP contribution < -0.4 is 4.74 Å². The number of halogens is 2. The average Bonchev–Trinajstić information content (AvgIpc) is 3.18. The Hall–Kier alpha value is -2.65. The quantitative estimate of drug-likeness (QED) is 0.467. The molecule has 1 aromatic heterocycles. The fourth-order valence-electron chi connectivity index (χ4n) is 5.31. The van der Waals surface area contributed by atoms with Crippen LogP contribution in [0.25, 0.3) is 10.9 Å². The molecule has 7 nitrogen and oxygen atoms in total. The van der Waals surface area contributed by atoms with E-state index in [0.29, 0.717) is 30.5 Å². The van der Waals surface area contributed by atoms with E-state index in [-0.39, 0.29) is 24.8 Å². The van der Waals surface area contributed by atoms with Crippen LogP contribution in [0.5, 0.6) is 5.75 Å². The highest BCUT2D eigenvalue weighted by Gasteiger charge is 2.41. The lowest BCUT2D eigenvalue weighted by Gasteiger charge is -2.43. The summed E-state index contributed by atoms with van der Waals surface area (Å²) in [5.74, 6) is 0.522. The summed E-state index contributed by atoms with van der Waals surface area (Å²) in [6.07, 6.45) is 2.30. The van der Waals surface area contributed by atoms with Crippen LogP contribution in [-0.4, -0.2) is 90.3 Å². The van der Waals surface area contributed by atoms with Gasteiger partial charge in [0.1, 0.15) is 23.8 Å². The molecule has 2 aromatic carbocycles. The number of aromatic nitrogens is 1. The molecule has 2 aliphatic rings. The number of benzene rings is 2. The number of amides is 1. The van der Waals surface area contributed by atoms with Gasteiger partial charge < -0.3 is 23.8 Å². The number of aryl methyl sites for hydroxylation is 1.